The molecule has 4 rings (SSSR count). The van der Waals surface area contributed by atoms with E-state index in [9.17, 15) is 9.59 Å². The first kappa shape index (κ1) is 29.8. The molecule has 212 valence electrons. The van der Waals surface area contributed by atoms with E-state index in [-0.39, 0.29) is 12.5 Å². The number of amides is 1. The summed E-state index contributed by atoms with van der Waals surface area (Å²) in [6, 6.07) is 13.6. The molecule has 0 aromatic heterocycles. The molecule has 0 spiro atoms. The smallest absolute Gasteiger partial charge is 0.328 e. The molecule has 4 atom stereocenters. The zero-order valence-electron chi connectivity index (χ0n) is 22.7. The van der Waals surface area contributed by atoms with Gasteiger partial charge in [0.05, 0.1) is 25.9 Å². The highest BCUT2D eigenvalue weighted by Gasteiger charge is 2.48. The van der Waals surface area contributed by atoms with Crippen molar-refractivity contribution in [3.05, 3.63) is 69.7 Å². The molecular weight excluding hydrogens is 539 g/mol. The van der Waals surface area contributed by atoms with Gasteiger partial charge in [-0.25, -0.2) is 4.79 Å². The molecular formula is C30H38Cl2N2O5. The standard InChI is InChI=1S/C30H38Cl2N2O5/c1-3-6-25(30(36)38-4-2)34-27(21-8-12-23(31)13-9-21)28(22-10-14-24(32)15-11-22)39-26(29(34)35)7-5-16-33-17-19-37-20-18-33/h8-15,25-28H,3-7,16-20H2,1-2H3. The summed E-state index contributed by atoms with van der Waals surface area (Å²) in [6.07, 6.45) is 1.34. The number of carbonyl (C=O) groups is 2. The predicted octanol–water partition coefficient (Wildman–Crippen LogP) is 5.85. The summed E-state index contributed by atoms with van der Waals surface area (Å²) in [5.74, 6) is -0.580. The molecule has 9 heteroatoms. The van der Waals surface area contributed by atoms with E-state index in [0.29, 0.717) is 22.9 Å². The Bertz CT molecular complexity index is 1080. The van der Waals surface area contributed by atoms with Gasteiger partial charge in [-0.3, -0.25) is 9.69 Å². The van der Waals surface area contributed by atoms with Crippen molar-refractivity contribution < 1.29 is 23.8 Å². The monoisotopic (exact) mass is 576 g/mol. The minimum Gasteiger partial charge on any atom is -0.464 e. The van der Waals surface area contributed by atoms with E-state index in [1.165, 1.54) is 0 Å². The Kier molecular flexibility index (Phi) is 11.1. The van der Waals surface area contributed by atoms with Gasteiger partial charge in [0.25, 0.3) is 5.91 Å². The number of hydrogen-bond donors (Lipinski definition) is 0. The van der Waals surface area contributed by atoms with Crippen LogP contribution in [0, 0.1) is 0 Å². The van der Waals surface area contributed by atoms with Crippen LogP contribution in [0.15, 0.2) is 48.5 Å². The third-order valence-electron chi connectivity index (χ3n) is 7.34. The number of esters is 1. The molecule has 4 unspecified atom stereocenters. The lowest BCUT2D eigenvalue weighted by Gasteiger charge is -2.47. The number of morpholine rings is 2. The van der Waals surface area contributed by atoms with Crippen molar-refractivity contribution in [3.8, 4) is 0 Å². The normalized spacial score (nSPS) is 23.0. The second kappa shape index (κ2) is 14.5. The first-order valence-corrected chi connectivity index (χ1v) is 14.6. The zero-order chi connectivity index (χ0) is 27.8. The maximum Gasteiger partial charge on any atom is 0.328 e. The Morgan fingerprint density at radius 2 is 1.62 bits per heavy atom. The highest BCUT2D eigenvalue weighted by atomic mass is 35.5. The molecule has 2 aromatic carbocycles. The van der Waals surface area contributed by atoms with E-state index in [2.05, 4.69) is 4.90 Å². The van der Waals surface area contributed by atoms with Crippen LogP contribution in [0.25, 0.3) is 0 Å². The fourth-order valence-corrected chi connectivity index (χ4v) is 5.67. The van der Waals surface area contributed by atoms with Crippen LogP contribution in [-0.2, 0) is 23.8 Å². The zero-order valence-corrected chi connectivity index (χ0v) is 24.2. The minimum absolute atomic E-state index is 0.186. The summed E-state index contributed by atoms with van der Waals surface area (Å²) >= 11 is 12.4. The molecule has 2 aromatic rings. The van der Waals surface area contributed by atoms with Gasteiger partial charge in [0, 0.05) is 23.1 Å². The van der Waals surface area contributed by atoms with E-state index < -0.39 is 30.3 Å². The molecule has 0 N–H and O–H groups in total. The second-order valence-electron chi connectivity index (χ2n) is 9.99. The summed E-state index contributed by atoms with van der Waals surface area (Å²) < 4.78 is 17.6. The molecule has 0 saturated carbocycles. The second-order valence-corrected chi connectivity index (χ2v) is 10.9. The minimum atomic E-state index is -0.733. The summed E-state index contributed by atoms with van der Waals surface area (Å²) in [7, 11) is 0. The quantitative estimate of drug-likeness (QED) is 0.313. The lowest BCUT2D eigenvalue weighted by atomic mass is 9.89. The van der Waals surface area contributed by atoms with Crippen LogP contribution in [0.4, 0.5) is 0 Å². The first-order valence-electron chi connectivity index (χ1n) is 13.9. The average Bonchev–Trinajstić information content (AvgIpc) is 2.94. The lowest BCUT2D eigenvalue weighted by molar-refractivity contribution is -0.187. The van der Waals surface area contributed by atoms with Crippen LogP contribution in [0.1, 0.15) is 62.8 Å². The van der Waals surface area contributed by atoms with E-state index in [4.69, 9.17) is 37.4 Å². The van der Waals surface area contributed by atoms with Gasteiger partial charge in [-0.05, 0) is 68.1 Å². The van der Waals surface area contributed by atoms with Crippen LogP contribution in [-0.4, -0.2) is 73.3 Å². The number of carbonyl (C=O) groups excluding carboxylic acids is 2. The summed E-state index contributed by atoms with van der Waals surface area (Å²) in [4.78, 5) is 31.6. The topological polar surface area (TPSA) is 68.3 Å². The van der Waals surface area contributed by atoms with Crippen molar-refractivity contribution in [3.63, 3.8) is 0 Å². The van der Waals surface area contributed by atoms with E-state index in [0.717, 1.165) is 56.8 Å². The molecule has 2 saturated heterocycles. The average molecular weight is 578 g/mol. The third-order valence-corrected chi connectivity index (χ3v) is 7.84. The van der Waals surface area contributed by atoms with Gasteiger partial charge < -0.3 is 19.1 Å². The van der Waals surface area contributed by atoms with Gasteiger partial charge >= 0.3 is 5.97 Å². The van der Waals surface area contributed by atoms with Crippen LogP contribution in [0.3, 0.4) is 0 Å². The molecule has 2 fully saturated rings. The fraction of sp³-hybridized carbons (Fsp3) is 0.533. The van der Waals surface area contributed by atoms with Gasteiger partial charge in [0.15, 0.2) is 0 Å². The predicted molar refractivity (Wildman–Crippen MR) is 152 cm³/mol. The van der Waals surface area contributed by atoms with Crippen molar-refractivity contribution in [1.29, 1.82) is 0 Å². The number of hydrogen-bond acceptors (Lipinski definition) is 6. The van der Waals surface area contributed by atoms with Crippen molar-refractivity contribution in [2.75, 3.05) is 39.5 Å². The van der Waals surface area contributed by atoms with Gasteiger partial charge in [-0.15, -0.1) is 0 Å². The van der Waals surface area contributed by atoms with Gasteiger partial charge in [-0.2, -0.15) is 0 Å². The molecule has 2 aliphatic heterocycles. The summed E-state index contributed by atoms with van der Waals surface area (Å²) in [5.41, 5.74) is 1.72. The van der Waals surface area contributed by atoms with E-state index >= 15 is 0 Å². The van der Waals surface area contributed by atoms with Gasteiger partial charge in [0.2, 0.25) is 0 Å². The van der Waals surface area contributed by atoms with Gasteiger partial charge in [-0.1, -0.05) is 60.8 Å². The molecule has 2 heterocycles. The maximum absolute atomic E-state index is 14.2. The summed E-state index contributed by atoms with van der Waals surface area (Å²) in [5, 5.41) is 1.20. The van der Waals surface area contributed by atoms with Crippen LogP contribution in [0.5, 0.6) is 0 Å². The lowest BCUT2D eigenvalue weighted by Crippen LogP contribution is -2.57. The number of benzene rings is 2. The summed E-state index contributed by atoms with van der Waals surface area (Å²) in [6.45, 7) is 8.12. The Balaban J connectivity index is 1.72. The number of nitrogens with zero attached hydrogens (tertiary/aromatic N) is 2. The number of rotatable bonds is 11. The van der Waals surface area contributed by atoms with Crippen LogP contribution >= 0.6 is 23.2 Å². The first-order chi connectivity index (χ1) is 18.9. The SMILES string of the molecule is CCCC(C(=O)OCC)N1C(=O)C(CCCN2CCOCC2)OC(c2ccc(Cl)cc2)C1c1ccc(Cl)cc1. The third kappa shape index (κ3) is 7.53. The van der Waals surface area contributed by atoms with Crippen LogP contribution < -0.4 is 0 Å². The van der Waals surface area contributed by atoms with Crippen LogP contribution in [0.2, 0.25) is 10.0 Å². The Morgan fingerprint density at radius 3 is 2.21 bits per heavy atom. The maximum atomic E-state index is 14.2. The fourth-order valence-electron chi connectivity index (χ4n) is 5.41. The van der Waals surface area contributed by atoms with Crippen molar-refractivity contribution in [2.45, 2.75) is 63.8 Å². The number of halogens is 2. The largest absolute Gasteiger partial charge is 0.464 e. The molecule has 7 nitrogen and oxygen atoms in total. The van der Waals surface area contributed by atoms with E-state index in [1.807, 2.05) is 43.3 Å². The number of ether oxygens (including phenoxy) is 3. The highest BCUT2D eigenvalue weighted by Crippen LogP contribution is 2.45. The molecule has 2 aliphatic rings. The van der Waals surface area contributed by atoms with Crippen molar-refractivity contribution in [2.24, 2.45) is 0 Å². The molecule has 39 heavy (non-hydrogen) atoms. The Labute approximate surface area is 241 Å². The Morgan fingerprint density at radius 1 is 1.00 bits per heavy atom. The highest BCUT2D eigenvalue weighted by molar-refractivity contribution is 6.30. The molecule has 0 aliphatic carbocycles. The van der Waals surface area contributed by atoms with Crippen molar-refractivity contribution >= 4 is 35.1 Å². The molecule has 0 bridgehead atoms. The van der Waals surface area contributed by atoms with Crippen molar-refractivity contribution in [1.82, 2.24) is 9.80 Å². The van der Waals surface area contributed by atoms with Gasteiger partial charge in [0.1, 0.15) is 18.2 Å². The molecule has 1 amide bonds. The molecule has 0 radical (unpaired) electrons. The Hall–Kier alpha value is -2.16. The van der Waals surface area contributed by atoms with E-state index in [1.54, 1.807) is 24.0 Å².